The minimum atomic E-state index is -3.25. The van der Waals surface area contributed by atoms with Crippen molar-refractivity contribution >= 4 is 22.0 Å². The lowest BCUT2D eigenvalue weighted by Crippen LogP contribution is -2.43. The minimum Gasteiger partial charge on any atom is -0.468 e. The quantitative estimate of drug-likeness (QED) is 0.857. The maximum absolute atomic E-state index is 12.6. The van der Waals surface area contributed by atoms with Crippen LogP contribution >= 0.6 is 11.8 Å². The van der Waals surface area contributed by atoms with Crippen LogP contribution in [-0.2, 0) is 10.2 Å². The van der Waals surface area contributed by atoms with E-state index in [4.69, 9.17) is 4.42 Å². The summed E-state index contributed by atoms with van der Waals surface area (Å²) in [5, 5.41) is 0.267. The molecule has 0 radical (unpaired) electrons. The minimum absolute atomic E-state index is 0.267. The van der Waals surface area contributed by atoms with Gasteiger partial charge in [-0.3, -0.25) is 0 Å². The van der Waals surface area contributed by atoms with Gasteiger partial charge >= 0.3 is 0 Å². The van der Waals surface area contributed by atoms with Crippen LogP contribution in [0.5, 0.6) is 0 Å². The van der Waals surface area contributed by atoms with E-state index in [1.165, 1.54) is 0 Å². The second kappa shape index (κ2) is 6.09. The molecule has 0 N–H and O–H groups in total. The Morgan fingerprint density at radius 1 is 1.15 bits per heavy atom. The molecule has 112 valence electrons. The molecule has 1 aromatic rings. The van der Waals surface area contributed by atoms with E-state index in [0.717, 1.165) is 30.8 Å². The van der Waals surface area contributed by atoms with Gasteiger partial charge in [-0.25, -0.2) is 0 Å². The van der Waals surface area contributed by atoms with Crippen LogP contribution in [-0.4, -0.2) is 49.0 Å². The Bertz CT molecular complexity index is 524. The summed E-state index contributed by atoms with van der Waals surface area (Å²) >= 11 is 1.79. The fourth-order valence-electron chi connectivity index (χ4n) is 2.76. The fraction of sp³-hybridized carbons (Fsp3) is 0.692. The average molecular weight is 316 g/mol. The highest BCUT2D eigenvalue weighted by atomic mass is 32.2. The van der Waals surface area contributed by atoms with Crippen molar-refractivity contribution in [2.45, 2.75) is 24.5 Å². The molecule has 2 fully saturated rings. The van der Waals surface area contributed by atoms with E-state index in [1.807, 2.05) is 12.1 Å². The average Bonchev–Trinajstić information content (AvgIpc) is 3.08. The molecule has 5 nitrogen and oxygen atoms in total. The lowest BCUT2D eigenvalue weighted by molar-refractivity contribution is 0.367. The summed E-state index contributed by atoms with van der Waals surface area (Å²) in [4.78, 5) is 0. The number of hydrogen-bond acceptors (Lipinski definition) is 4. The summed E-state index contributed by atoms with van der Waals surface area (Å²) in [5.74, 6) is 1.77. The molecule has 1 unspecified atom stereocenters. The van der Waals surface area contributed by atoms with Crippen LogP contribution in [0, 0.1) is 0 Å². The molecule has 0 amide bonds. The van der Waals surface area contributed by atoms with E-state index in [2.05, 4.69) is 0 Å². The van der Waals surface area contributed by atoms with Crippen molar-refractivity contribution in [1.29, 1.82) is 0 Å². The third kappa shape index (κ3) is 2.90. The van der Waals surface area contributed by atoms with Gasteiger partial charge in [0, 0.05) is 31.9 Å². The number of furan rings is 1. The molecule has 2 aliphatic rings. The number of nitrogens with zero attached hydrogens (tertiary/aromatic N) is 2. The molecule has 3 heterocycles. The van der Waals surface area contributed by atoms with Gasteiger partial charge in [-0.1, -0.05) is 0 Å². The predicted molar refractivity (Wildman–Crippen MR) is 79.8 cm³/mol. The molecule has 0 aliphatic carbocycles. The van der Waals surface area contributed by atoms with Gasteiger partial charge in [0.2, 0.25) is 0 Å². The Kier molecular flexibility index (Phi) is 4.40. The second-order valence-electron chi connectivity index (χ2n) is 5.18. The summed E-state index contributed by atoms with van der Waals surface area (Å²) in [6, 6.07) is 3.86. The van der Waals surface area contributed by atoms with Crippen molar-refractivity contribution in [3.05, 3.63) is 24.2 Å². The normalized spacial score (nSPS) is 26.7. The summed E-state index contributed by atoms with van der Waals surface area (Å²) in [6.45, 7) is 2.53. The molecule has 0 bridgehead atoms. The van der Waals surface area contributed by atoms with Gasteiger partial charge in [0.15, 0.2) is 0 Å². The van der Waals surface area contributed by atoms with Crippen molar-refractivity contribution in [3.63, 3.8) is 0 Å². The molecule has 0 spiro atoms. The maximum atomic E-state index is 12.6. The van der Waals surface area contributed by atoms with Gasteiger partial charge < -0.3 is 4.42 Å². The molecule has 2 aliphatic heterocycles. The third-order valence-electron chi connectivity index (χ3n) is 3.88. The Morgan fingerprint density at radius 3 is 2.60 bits per heavy atom. The number of rotatable bonds is 3. The molecule has 1 aromatic heterocycles. The Hall–Kier alpha value is -0.500. The highest BCUT2D eigenvalue weighted by molar-refractivity contribution is 7.99. The molecule has 0 saturated carbocycles. The van der Waals surface area contributed by atoms with Gasteiger partial charge in [0.1, 0.15) is 5.76 Å². The van der Waals surface area contributed by atoms with E-state index >= 15 is 0 Å². The summed E-state index contributed by atoms with van der Waals surface area (Å²) in [5.41, 5.74) is 0. The van der Waals surface area contributed by atoms with Crippen molar-refractivity contribution < 1.29 is 12.8 Å². The molecule has 3 rings (SSSR count). The fourth-order valence-corrected chi connectivity index (χ4v) is 5.77. The first-order valence-electron chi connectivity index (χ1n) is 7.08. The topological polar surface area (TPSA) is 53.8 Å². The lowest BCUT2D eigenvalue weighted by Gasteiger charge is -2.25. The van der Waals surface area contributed by atoms with Crippen molar-refractivity contribution in [2.24, 2.45) is 0 Å². The number of thioether (sulfide) groups is 1. The molecule has 0 aromatic carbocycles. The zero-order chi connectivity index (χ0) is 14.0. The summed E-state index contributed by atoms with van der Waals surface area (Å²) in [6.07, 6.45) is 4.46. The summed E-state index contributed by atoms with van der Waals surface area (Å²) in [7, 11) is -3.25. The second-order valence-corrected chi connectivity index (χ2v) is 8.42. The first-order chi connectivity index (χ1) is 9.68. The van der Waals surface area contributed by atoms with Crippen LogP contribution in [0.25, 0.3) is 0 Å². The first kappa shape index (κ1) is 14.4. The smallest absolute Gasteiger partial charge is 0.282 e. The van der Waals surface area contributed by atoms with E-state index in [9.17, 15) is 8.42 Å². The monoisotopic (exact) mass is 316 g/mol. The Balaban J connectivity index is 1.68. The van der Waals surface area contributed by atoms with Crippen molar-refractivity contribution in [3.8, 4) is 0 Å². The van der Waals surface area contributed by atoms with Gasteiger partial charge in [-0.15, -0.1) is 11.8 Å². The highest BCUT2D eigenvalue weighted by Gasteiger charge is 2.33. The molecule has 1 atom stereocenters. The largest absolute Gasteiger partial charge is 0.468 e. The SMILES string of the molecule is O=S(=O)(N1CCCC1)N1CCSC(c2ccco2)CC1. The van der Waals surface area contributed by atoms with Crippen LogP contribution in [0.4, 0.5) is 0 Å². The third-order valence-corrected chi connectivity index (χ3v) is 7.20. The zero-order valence-electron chi connectivity index (χ0n) is 11.4. The van der Waals surface area contributed by atoms with Gasteiger partial charge in [0.05, 0.1) is 11.5 Å². The first-order valence-corrected chi connectivity index (χ1v) is 9.53. The van der Waals surface area contributed by atoms with E-state index in [1.54, 1.807) is 26.6 Å². The van der Waals surface area contributed by atoms with Crippen molar-refractivity contribution in [2.75, 3.05) is 31.9 Å². The van der Waals surface area contributed by atoms with Crippen LogP contribution in [0.2, 0.25) is 0 Å². The lowest BCUT2D eigenvalue weighted by atomic mass is 10.2. The van der Waals surface area contributed by atoms with Crippen molar-refractivity contribution in [1.82, 2.24) is 8.61 Å². The van der Waals surface area contributed by atoms with Gasteiger partial charge in [-0.2, -0.15) is 17.0 Å². The Morgan fingerprint density at radius 2 is 1.90 bits per heavy atom. The standard InChI is InChI=1S/C13H20N2O3S2/c16-20(17,14-6-1-2-7-14)15-8-5-13(19-11-9-15)12-4-3-10-18-12/h3-4,10,13H,1-2,5-9,11H2. The predicted octanol–water partition coefficient (Wildman–Crippen LogP) is 2.10. The number of hydrogen-bond donors (Lipinski definition) is 0. The highest BCUT2D eigenvalue weighted by Crippen LogP contribution is 2.35. The molecular formula is C13H20N2O3S2. The molecule has 7 heteroatoms. The van der Waals surface area contributed by atoms with E-state index < -0.39 is 10.2 Å². The molecular weight excluding hydrogens is 296 g/mol. The van der Waals surface area contributed by atoms with Crippen LogP contribution in [0.3, 0.4) is 0 Å². The Labute approximate surface area is 124 Å². The van der Waals surface area contributed by atoms with E-state index in [-0.39, 0.29) is 5.25 Å². The maximum Gasteiger partial charge on any atom is 0.282 e. The van der Waals surface area contributed by atoms with Gasteiger partial charge in [-0.05, 0) is 31.4 Å². The van der Waals surface area contributed by atoms with Crippen LogP contribution in [0.1, 0.15) is 30.3 Å². The summed E-state index contributed by atoms with van der Waals surface area (Å²) < 4.78 is 33.8. The van der Waals surface area contributed by atoms with Crippen LogP contribution in [0.15, 0.2) is 22.8 Å². The van der Waals surface area contributed by atoms with Gasteiger partial charge in [0.25, 0.3) is 10.2 Å². The zero-order valence-corrected chi connectivity index (χ0v) is 13.0. The van der Waals surface area contributed by atoms with Crippen LogP contribution < -0.4 is 0 Å². The molecule has 20 heavy (non-hydrogen) atoms. The molecule has 2 saturated heterocycles. The van der Waals surface area contributed by atoms with E-state index in [0.29, 0.717) is 26.2 Å².